The fraction of sp³-hybridized carbons (Fsp3) is 0.750. The molecule has 2 atom stereocenters. The number of hydrogen-bond acceptors (Lipinski definition) is 2. The molecule has 0 spiro atoms. The predicted molar refractivity (Wildman–Crippen MR) is 61.8 cm³/mol. The van der Waals surface area contributed by atoms with Gasteiger partial charge in [-0.2, -0.15) is 5.10 Å². The normalized spacial score (nSPS) is 20.3. The zero-order valence-electron chi connectivity index (χ0n) is 9.90. The molecule has 1 aromatic rings. The van der Waals surface area contributed by atoms with E-state index in [1.54, 1.807) is 0 Å². The first-order chi connectivity index (χ1) is 7.13. The Morgan fingerprint density at radius 1 is 1.53 bits per heavy atom. The smallest absolute Gasteiger partial charge is 0.0656 e. The van der Waals surface area contributed by atoms with Gasteiger partial charge in [0, 0.05) is 6.04 Å². The summed E-state index contributed by atoms with van der Waals surface area (Å²) in [6.07, 6.45) is 3.67. The second-order valence-electron chi connectivity index (χ2n) is 4.77. The van der Waals surface area contributed by atoms with Crippen LogP contribution in [0.4, 0.5) is 0 Å². The van der Waals surface area contributed by atoms with Crippen molar-refractivity contribution in [3.8, 4) is 0 Å². The van der Waals surface area contributed by atoms with Crippen molar-refractivity contribution < 1.29 is 0 Å². The summed E-state index contributed by atoms with van der Waals surface area (Å²) in [6, 6.07) is 2.91. The largest absolute Gasteiger partial charge is 0.323 e. The van der Waals surface area contributed by atoms with Crippen molar-refractivity contribution in [2.75, 3.05) is 0 Å². The van der Waals surface area contributed by atoms with Gasteiger partial charge in [0.15, 0.2) is 0 Å². The molecule has 0 saturated heterocycles. The molecular formula is C12H21N3. The highest BCUT2D eigenvalue weighted by molar-refractivity contribution is 5.18. The van der Waals surface area contributed by atoms with Crippen molar-refractivity contribution in [3.05, 3.63) is 17.5 Å². The average molecular weight is 207 g/mol. The zero-order valence-corrected chi connectivity index (χ0v) is 9.90. The van der Waals surface area contributed by atoms with Crippen LogP contribution in [0.15, 0.2) is 6.07 Å². The molecule has 1 aliphatic carbocycles. The molecule has 2 rings (SSSR count). The Hall–Kier alpha value is -0.830. The first kappa shape index (κ1) is 10.7. The van der Waals surface area contributed by atoms with E-state index in [4.69, 9.17) is 10.8 Å². The first-order valence-electron chi connectivity index (χ1n) is 5.98. The maximum Gasteiger partial charge on any atom is 0.0656 e. The molecule has 2 N–H and O–H groups in total. The lowest BCUT2D eigenvalue weighted by Gasteiger charge is -2.07. The summed E-state index contributed by atoms with van der Waals surface area (Å²) < 4.78 is 2.16. The third-order valence-electron chi connectivity index (χ3n) is 3.26. The highest BCUT2D eigenvalue weighted by Gasteiger charge is 2.28. The van der Waals surface area contributed by atoms with Crippen LogP contribution in [0.3, 0.4) is 0 Å². The molecule has 3 heteroatoms. The van der Waals surface area contributed by atoms with Crippen LogP contribution < -0.4 is 5.73 Å². The van der Waals surface area contributed by atoms with Gasteiger partial charge in [-0.1, -0.05) is 13.8 Å². The van der Waals surface area contributed by atoms with Crippen molar-refractivity contribution in [2.24, 2.45) is 5.73 Å². The maximum atomic E-state index is 5.97. The molecule has 0 aliphatic heterocycles. The van der Waals surface area contributed by atoms with Crippen LogP contribution in [0.25, 0.3) is 0 Å². The van der Waals surface area contributed by atoms with E-state index >= 15 is 0 Å². The Morgan fingerprint density at radius 2 is 2.20 bits per heavy atom. The Morgan fingerprint density at radius 3 is 2.67 bits per heavy atom. The molecule has 1 aliphatic rings. The molecule has 0 bridgehead atoms. The van der Waals surface area contributed by atoms with E-state index in [0.717, 1.165) is 6.42 Å². The zero-order chi connectivity index (χ0) is 11.0. The van der Waals surface area contributed by atoms with Gasteiger partial charge in [-0.25, -0.2) is 0 Å². The quantitative estimate of drug-likeness (QED) is 0.825. The number of nitrogens with zero attached hydrogens (tertiary/aromatic N) is 2. The van der Waals surface area contributed by atoms with E-state index in [1.807, 2.05) is 6.92 Å². The molecule has 1 heterocycles. The van der Waals surface area contributed by atoms with E-state index in [9.17, 15) is 0 Å². The van der Waals surface area contributed by atoms with Gasteiger partial charge in [-0.3, -0.25) is 4.68 Å². The molecule has 1 aromatic heterocycles. The van der Waals surface area contributed by atoms with E-state index in [2.05, 4.69) is 24.6 Å². The highest BCUT2D eigenvalue weighted by atomic mass is 15.3. The summed E-state index contributed by atoms with van der Waals surface area (Å²) in [5.74, 6) is 0.544. The Labute approximate surface area is 91.7 Å². The monoisotopic (exact) mass is 207 g/mol. The third kappa shape index (κ3) is 2.07. The van der Waals surface area contributed by atoms with Crippen molar-refractivity contribution in [1.29, 1.82) is 0 Å². The standard InChI is InChI=1S/C12H21N3/c1-4-8(2)11-7-12(9(3)13)15(14-11)10-5-6-10/h7-10H,4-6,13H2,1-3H3/t8?,9-/m1/s1. The second kappa shape index (κ2) is 3.97. The maximum absolute atomic E-state index is 5.97. The van der Waals surface area contributed by atoms with Gasteiger partial charge in [0.2, 0.25) is 0 Å². The molecule has 3 nitrogen and oxygen atoms in total. The van der Waals surface area contributed by atoms with E-state index < -0.39 is 0 Å². The Kier molecular flexibility index (Phi) is 2.83. The number of hydrogen-bond donors (Lipinski definition) is 1. The summed E-state index contributed by atoms with van der Waals surface area (Å²) in [5.41, 5.74) is 8.38. The van der Waals surface area contributed by atoms with Crippen LogP contribution >= 0.6 is 0 Å². The fourth-order valence-electron chi connectivity index (χ4n) is 1.83. The fourth-order valence-corrected chi connectivity index (χ4v) is 1.83. The van der Waals surface area contributed by atoms with Crippen molar-refractivity contribution >= 4 is 0 Å². The summed E-state index contributed by atoms with van der Waals surface area (Å²) >= 11 is 0. The van der Waals surface area contributed by atoms with Crippen LogP contribution in [0.2, 0.25) is 0 Å². The lowest BCUT2D eigenvalue weighted by atomic mass is 10.0. The average Bonchev–Trinajstić information content (AvgIpc) is 2.96. The Balaban J connectivity index is 2.31. The molecule has 0 radical (unpaired) electrons. The molecule has 15 heavy (non-hydrogen) atoms. The van der Waals surface area contributed by atoms with Crippen LogP contribution in [-0.2, 0) is 0 Å². The van der Waals surface area contributed by atoms with Crippen molar-refractivity contribution in [2.45, 2.75) is 58.0 Å². The SMILES string of the molecule is CCC(C)c1cc([C@@H](C)N)n(C2CC2)n1. The van der Waals surface area contributed by atoms with Gasteiger partial charge in [0.05, 0.1) is 17.4 Å². The Bertz CT molecular complexity index is 317. The van der Waals surface area contributed by atoms with Crippen LogP contribution in [0, 0.1) is 0 Å². The molecule has 84 valence electrons. The van der Waals surface area contributed by atoms with Crippen LogP contribution in [0.5, 0.6) is 0 Å². The van der Waals surface area contributed by atoms with Gasteiger partial charge in [0.25, 0.3) is 0 Å². The van der Waals surface area contributed by atoms with Gasteiger partial charge in [-0.15, -0.1) is 0 Å². The predicted octanol–water partition coefficient (Wildman–Crippen LogP) is 2.75. The first-order valence-corrected chi connectivity index (χ1v) is 5.98. The molecule has 1 saturated carbocycles. The second-order valence-corrected chi connectivity index (χ2v) is 4.77. The summed E-state index contributed by atoms with van der Waals surface area (Å²) in [4.78, 5) is 0. The van der Waals surface area contributed by atoms with Crippen molar-refractivity contribution in [1.82, 2.24) is 9.78 Å². The minimum absolute atomic E-state index is 0.0934. The van der Waals surface area contributed by atoms with E-state index in [1.165, 1.54) is 24.2 Å². The van der Waals surface area contributed by atoms with Gasteiger partial charge in [-0.05, 0) is 38.2 Å². The third-order valence-corrected chi connectivity index (χ3v) is 3.26. The van der Waals surface area contributed by atoms with Crippen molar-refractivity contribution in [3.63, 3.8) is 0 Å². The molecular weight excluding hydrogens is 186 g/mol. The number of nitrogens with two attached hydrogens (primary N) is 1. The topological polar surface area (TPSA) is 43.8 Å². The van der Waals surface area contributed by atoms with Crippen LogP contribution in [-0.4, -0.2) is 9.78 Å². The minimum atomic E-state index is 0.0934. The summed E-state index contributed by atoms with van der Waals surface area (Å²) in [7, 11) is 0. The molecule has 1 fully saturated rings. The van der Waals surface area contributed by atoms with E-state index in [0.29, 0.717) is 12.0 Å². The highest BCUT2D eigenvalue weighted by Crippen LogP contribution is 2.37. The lowest BCUT2D eigenvalue weighted by molar-refractivity contribution is 0.561. The van der Waals surface area contributed by atoms with E-state index in [-0.39, 0.29) is 6.04 Å². The van der Waals surface area contributed by atoms with Crippen LogP contribution in [0.1, 0.15) is 69.4 Å². The van der Waals surface area contributed by atoms with Gasteiger partial charge >= 0.3 is 0 Å². The molecule has 0 amide bonds. The minimum Gasteiger partial charge on any atom is -0.323 e. The summed E-state index contributed by atoms with van der Waals surface area (Å²) in [5, 5.41) is 4.70. The van der Waals surface area contributed by atoms with Gasteiger partial charge in [0.1, 0.15) is 0 Å². The number of aromatic nitrogens is 2. The lowest BCUT2D eigenvalue weighted by Crippen LogP contribution is -2.12. The molecule has 1 unspecified atom stereocenters. The summed E-state index contributed by atoms with van der Waals surface area (Å²) in [6.45, 7) is 6.47. The van der Waals surface area contributed by atoms with Gasteiger partial charge < -0.3 is 5.73 Å². The molecule has 0 aromatic carbocycles. The number of rotatable bonds is 4.